The van der Waals surface area contributed by atoms with Gasteiger partial charge in [0, 0.05) is 0 Å². The summed E-state index contributed by atoms with van der Waals surface area (Å²) in [6.45, 7) is 2.16. The van der Waals surface area contributed by atoms with E-state index in [1.807, 2.05) is 0 Å². The van der Waals surface area contributed by atoms with E-state index in [2.05, 4.69) is 31.2 Å². The lowest BCUT2D eigenvalue weighted by Gasteiger charge is -2.29. The van der Waals surface area contributed by atoms with Gasteiger partial charge in [-0.3, -0.25) is 0 Å². The minimum atomic E-state index is -1.05. The zero-order valence-corrected chi connectivity index (χ0v) is 19.4. The molecule has 0 unspecified atom stereocenters. The highest BCUT2D eigenvalue weighted by Crippen LogP contribution is 2.38. The van der Waals surface area contributed by atoms with Crippen LogP contribution in [0.4, 0.5) is 17.6 Å². The molecule has 1 saturated carbocycles. The largest absolute Gasteiger partial charge is 0.206 e. The van der Waals surface area contributed by atoms with Crippen LogP contribution in [0.15, 0.2) is 48.5 Å². The molecule has 0 saturated heterocycles. The first-order chi connectivity index (χ1) is 15.9. The van der Waals surface area contributed by atoms with Crippen LogP contribution in [-0.2, 0) is 12.8 Å². The molecule has 0 aliphatic heterocycles. The summed E-state index contributed by atoms with van der Waals surface area (Å²) in [7, 11) is 0. The Hall–Kier alpha value is -2.33. The predicted molar refractivity (Wildman–Crippen MR) is 126 cm³/mol. The molecule has 1 aliphatic carbocycles. The number of hydrogen-bond acceptors (Lipinski definition) is 0. The van der Waals surface area contributed by atoms with Gasteiger partial charge in [0.1, 0.15) is 28.3 Å². The van der Waals surface area contributed by atoms with Gasteiger partial charge < -0.3 is 0 Å². The Morgan fingerprint density at radius 2 is 1.33 bits per heavy atom. The fraction of sp³-hybridized carbons (Fsp3) is 0.357. The molecule has 33 heavy (non-hydrogen) atoms. The summed E-state index contributed by atoms with van der Waals surface area (Å²) in [5.41, 5.74) is 2.66. The van der Waals surface area contributed by atoms with E-state index in [1.165, 1.54) is 23.3 Å². The van der Waals surface area contributed by atoms with E-state index >= 15 is 0 Å². The molecule has 0 heterocycles. The maximum absolute atomic E-state index is 14.7. The van der Waals surface area contributed by atoms with E-state index in [4.69, 9.17) is 11.6 Å². The normalized spacial score (nSPS) is 18.5. The van der Waals surface area contributed by atoms with E-state index in [1.54, 1.807) is 0 Å². The van der Waals surface area contributed by atoms with E-state index in [0.29, 0.717) is 23.8 Å². The third-order valence-electron chi connectivity index (χ3n) is 6.92. The van der Waals surface area contributed by atoms with Crippen LogP contribution in [0, 0.1) is 29.2 Å². The summed E-state index contributed by atoms with van der Waals surface area (Å²) in [5.74, 6) is -2.64. The SMILES string of the molecule is CCc1ccc(C2CCC(CCc3cc(F)c(-c4cc(F)c(Cl)c(F)c4)c(F)c3)CC2)cc1. The van der Waals surface area contributed by atoms with Crippen LogP contribution in [0.5, 0.6) is 0 Å². The molecule has 1 fully saturated rings. The average Bonchev–Trinajstić information content (AvgIpc) is 2.81. The molecule has 0 nitrogen and oxygen atoms in total. The van der Waals surface area contributed by atoms with Crippen LogP contribution in [0.2, 0.25) is 5.02 Å². The molecule has 174 valence electrons. The first kappa shape index (κ1) is 23.8. The van der Waals surface area contributed by atoms with Crippen molar-refractivity contribution in [3.8, 4) is 11.1 Å². The van der Waals surface area contributed by atoms with Gasteiger partial charge in [0.2, 0.25) is 0 Å². The Bertz CT molecular complexity index is 1070. The van der Waals surface area contributed by atoms with Crippen molar-refractivity contribution < 1.29 is 17.6 Å². The number of hydrogen-bond donors (Lipinski definition) is 0. The van der Waals surface area contributed by atoms with Gasteiger partial charge in [-0.05, 0) is 103 Å². The molecular formula is C28H27ClF4. The third kappa shape index (κ3) is 5.43. The highest BCUT2D eigenvalue weighted by atomic mass is 35.5. The molecule has 0 radical (unpaired) electrons. The van der Waals surface area contributed by atoms with Gasteiger partial charge >= 0.3 is 0 Å². The molecule has 1 aliphatic rings. The van der Waals surface area contributed by atoms with Gasteiger partial charge in [-0.15, -0.1) is 0 Å². The first-order valence-electron chi connectivity index (χ1n) is 11.6. The van der Waals surface area contributed by atoms with E-state index in [-0.39, 0.29) is 5.56 Å². The smallest absolute Gasteiger partial charge is 0.145 e. The Labute approximate surface area is 197 Å². The molecule has 0 aromatic heterocycles. The van der Waals surface area contributed by atoms with Gasteiger partial charge in [-0.25, -0.2) is 17.6 Å². The van der Waals surface area contributed by atoms with Crippen LogP contribution in [0.25, 0.3) is 11.1 Å². The van der Waals surface area contributed by atoms with Gasteiger partial charge in [0.05, 0.1) is 5.56 Å². The Balaban J connectivity index is 1.37. The highest BCUT2D eigenvalue weighted by molar-refractivity contribution is 6.31. The lowest BCUT2D eigenvalue weighted by molar-refractivity contribution is 0.310. The maximum atomic E-state index is 14.7. The molecule has 5 heteroatoms. The van der Waals surface area contributed by atoms with Crippen molar-refractivity contribution in [2.45, 2.75) is 57.8 Å². The van der Waals surface area contributed by atoms with Crippen molar-refractivity contribution in [3.05, 3.63) is 93.5 Å². The van der Waals surface area contributed by atoms with Crippen molar-refractivity contribution in [3.63, 3.8) is 0 Å². The molecule has 0 spiro atoms. The van der Waals surface area contributed by atoms with Gasteiger partial charge in [0.15, 0.2) is 0 Å². The minimum absolute atomic E-state index is 0.207. The number of benzene rings is 3. The van der Waals surface area contributed by atoms with Crippen LogP contribution in [0.1, 0.15) is 61.6 Å². The van der Waals surface area contributed by atoms with E-state index in [0.717, 1.165) is 50.7 Å². The summed E-state index contributed by atoms with van der Waals surface area (Å²) < 4.78 is 56.9. The molecule has 0 bridgehead atoms. The lowest BCUT2D eigenvalue weighted by atomic mass is 9.77. The van der Waals surface area contributed by atoms with Crippen LogP contribution < -0.4 is 0 Å². The first-order valence-corrected chi connectivity index (χ1v) is 11.9. The van der Waals surface area contributed by atoms with Crippen molar-refractivity contribution in [1.82, 2.24) is 0 Å². The molecule has 3 aromatic carbocycles. The van der Waals surface area contributed by atoms with E-state index in [9.17, 15) is 17.6 Å². The van der Waals surface area contributed by atoms with Crippen molar-refractivity contribution in [1.29, 1.82) is 0 Å². The highest BCUT2D eigenvalue weighted by Gasteiger charge is 2.23. The molecule has 0 atom stereocenters. The monoisotopic (exact) mass is 474 g/mol. The topological polar surface area (TPSA) is 0 Å². The second-order valence-corrected chi connectivity index (χ2v) is 9.42. The third-order valence-corrected chi connectivity index (χ3v) is 7.28. The van der Waals surface area contributed by atoms with Gasteiger partial charge in [0.25, 0.3) is 0 Å². The van der Waals surface area contributed by atoms with Crippen LogP contribution >= 0.6 is 11.6 Å². The quantitative estimate of drug-likeness (QED) is 0.247. The second kappa shape index (κ2) is 10.3. The Morgan fingerprint density at radius 3 is 1.88 bits per heavy atom. The molecule has 4 rings (SSSR count). The second-order valence-electron chi connectivity index (χ2n) is 9.04. The summed E-state index contributed by atoms with van der Waals surface area (Å²) in [5, 5.41) is -0.691. The predicted octanol–water partition coefficient (Wildman–Crippen LogP) is 9.03. The number of halogens is 5. The summed E-state index contributed by atoms with van der Waals surface area (Å²) >= 11 is 5.48. The zero-order valence-electron chi connectivity index (χ0n) is 18.6. The number of rotatable bonds is 6. The van der Waals surface area contributed by atoms with Crippen LogP contribution in [-0.4, -0.2) is 0 Å². The van der Waals surface area contributed by atoms with Crippen molar-refractivity contribution >= 4 is 11.6 Å². The molecule has 0 amide bonds. The fourth-order valence-corrected chi connectivity index (χ4v) is 5.04. The Morgan fingerprint density at radius 1 is 0.758 bits per heavy atom. The van der Waals surface area contributed by atoms with Crippen LogP contribution in [0.3, 0.4) is 0 Å². The lowest BCUT2D eigenvalue weighted by Crippen LogP contribution is -2.14. The average molecular weight is 475 g/mol. The molecular weight excluding hydrogens is 448 g/mol. The van der Waals surface area contributed by atoms with Gasteiger partial charge in [-0.1, -0.05) is 42.8 Å². The molecule has 0 N–H and O–H groups in total. The standard InChI is InChI=1S/C28H27ClF4/c1-2-17-5-9-20(10-6-17)21-11-7-18(8-12-21)3-4-19-13-23(30)27(24(31)14-19)22-15-25(32)28(29)26(33)16-22/h5-6,9-10,13-16,18,21H,2-4,7-8,11-12H2,1H3. The van der Waals surface area contributed by atoms with Gasteiger partial charge in [-0.2, -0.15) is 0 Å². The van der Waals surface area contributed by atoms with Crippen molar-refractivity contribution in [2.24, 2.45) is 5.92 Å². The molecule has 3 aromatic rings. The maximum Gasteiger partial charge on any atom is 0.145 e. The zero-order chi connectivity index (χ0) is 23.5. The van der Waals surface area contributed by atoms with Crippen molar-refractivity contribution in [2.75, 3.05) is 0 Å². The Kier molecular flexibility index (Phi) is 7.43. The summed E-state index contributed by atoms with van der Waals surface area (Å²) in [6, 6.07) is 13.1. The summed E-state index contributed by atoms with van der Waals surface area (Å²) in [6.07, 6.45) is 6.95. The minimum Gasteiger partial charge on any atom is -0.206 e. The number of aryl methyl sites for hydroxylation is 2. The van der Waals surface area contributed by atoms with E-state index < -0.39 is 33.9 Å². The fourth-order valence-electron chi connectivity index (χ4n) is 4.93. The summed E-state index contributed by atoms with van der Waals surface area (Å²) in [4.78, 5) is 0.